The summed E-state index contributed by atoms with van der Waals surface area (Å²) in [5, 5.41) is 17.1. The summed E-state index contributed by atoms with van der Waals surface area (Å²) in [6, 6.07) is 9.51. The molecule has 1 atom stereocenters. The summed E-state index contributed by atoms with van der Waals surface area (Å²) in [7, 11) is 0. The van der Waals surface area contributed by atoms with Crippen molar-refractivity contribution in [2.45, 2.75) is 32.7 Å². The number of ether oxygens (including phenoxy) is 1. The van der Waals surface area contributed by atoms with E-state index in [2.05, 4.69) is 10.4 Å². The number of amides is 1. The number of rotatable bonds is 8. The highest BCUT2D eigenvalue weighted by Crippen LogP contribution is 2.31. The Morgan fingerprint density at radius 2 is 1.82 bits per heavy atom. The van der Waals surface area contributed by atoms with Crippen LogP contribution in [-0.4, -0.2) is 20.6 Å². The monoisotopic (exact) mass is 466 g/mol. The quantitative estimate of drug-likeness (QED) is 0.251. The molecule has 0 spiro atoms. The minimum atomic E-state index is -3.15. The van der Waals surface area contributed by atoms with E-state index in [1.807, 2.05) is 13.0 Å². The molecule has 1 heterocycles. The highest BCUT2D eigenvalue weighted by molar-refractivity contribution is 5.94. The molecule has 3 aromatic rings. The number of hydrogen-bond donors (Lipinski definition) is 1. The minimum Gasteiger partial charge on any atom is -0.457 e. The molecule has 12 heteroatoms. The molecule has 0 saturated heterocycles. The molecule has 2 aromatic carbocycles. The topological polar surface area (TPSA) is 99.3 Å². The Morgan fingerprint density at radius 1 is 1.09 bits per heavy atom. The number of alkyl halides is 4. The summed E-state index contributed by atoms with van der Waals surface area (Å²) < 4.78 is 58.5. The number of hydrogen-bond acceptors (Lipinski definition) is 5. The van der Waals surface area contributed by atoms with Crippen molar-refractivity contribution in [3.8, 4) is 11.5 Å². The van der Waals surface area contributed by atoms with Gasteiger partial charge in [-0.3, -0.25) is 19.6 Å². The summed E-state index contributed by atoms with van der Waals surface area (Å²) in [4.78, 5) is 23.3. The maximum Gasteiger partial charge on any atom is 0.282 e. The predicted octanol–water partition coefficient (Wildman–Crippen LogP) is 5.97. The van der Waals surface area contributed by atoms with E-state index in [1.54, 1.807) is 18.2 Å². The molecule has 8 nitrogen and oxygen atoms in total. The molecule has 0 radical (unpaired) electrons. The number of nitro groups is 1. The van der Waals surface area contributed by atoms with Crippen LogP contribution < -0.4 is 10.1 Å². The lowest BCUT2D eigenvalue weighted by atomic mass is 10.2. The second kappa shape index (κ2) is 9.67. The molecule has 0 saturated carbocycles. The lowest BCUT2D eigenvalue weighted by Crippen LogP contribution is -2.26. The van der Waals surface area contributed by atoms with Gasteiger partial charge < -0.3 is 10.1 Å². The second-order valence-corrected chi connectivity index (χ2v) is 7.10. The minimum absolute atomic E-state index is 0.0464. The van der Waals surface area contributed by atoms with Crippen molar-refractivity contribution in [1.82, 2.24) is 9.78 Å². The Morgan fingerprint density at radius 3 is 2.42 bits per heavy atom. The average molecular weight is 466 g/mol. The second-order valence-electron chi connectivity index (χ2n) is 7.10. The molecule has 3 rings (SSSR count). The van der Waals surface area contributed by atoms with Crippen molar-refractivity contribution >= 4 is 17.3 Å². The zero-order valence-corrected chi connectivity index (χ0v) is 17.3. The van der Waals surface area contributed by atoms with Crippen LogP contribution in [0.5, 0.6) is 11.5 Å². The van der Waals surface area contributed by atoms with Gasteiger partial charge in [0.05, 0.1) is 16.7 Å². The van der Waals surface area contributed by atoms with Crippen LogP contribution in [0.25, 0.3) is 0 Å². The van der Waals surface area contributed by atoms with E-state index in [0.717, 1.165) is 17.7 Å². The zero-order chi connectivity index (χ0) is 24.3. The van der Waals surface area contributed by atoms with Crippen LogP contribution in [0.4, 0.5) is 28.9 Å². The van der Waals surface area contributed by atoms with E-state index in [0.29, 0.717) is 16.5 Å². The fourth-order valence-corrected chi connectivity index (χ4v) is 3.00. The standard InChI is InChI=1S/C21H18F4N4O4/c1-11-4-3-5-15(6-11)33-16-8-13(7-14(9-16)29(31)32)26-21(30)12(2)28-18(20(24)25)10-17(27-28)19(22)23/h3-10,12,19-20H,1-2H3,(H,26,30). The summed E-state index contributed by atoms with van der Waals surface area (Å²) >= 11 is 0. The van der Waals surface area contributed by atoms with Gasteiger partial charge >= 0.3 is 0 Å². The van der Waals surface area contributed by atoms with Crippen LogP contribution in [0.2, 0.25) is 0 Å². The van der Waals surface area contributed by atoms with E-state index in [-0.39, 0.29) is 11.4 Å². The maximum atomic E-state index is 13.3. The van der Waals surface area contributed by atoms with Crippen LogP contribution in [0.1, 0.15) is 42.8 Å². The van der Waals surface area contributed by atoms with E-state index < -0.39 is 46.8 Å². The molecule has 1 amide bonds. The summed E-state index contributed by atoms with van der Waals surface area (Å²) in [5.74, 6) is -0.452. The third-order valence-corrected chi connectivity index (χ3v) is 4.57. The number of carbonyl (C=O) groups is 1. The molecule has 33 heavy (non-hydrogen) atoms. The van der Waals surface area contributed by atoms with Crippen molar-refractivity contribution in [2.75, 3.05) is 5.32 Å². The molecule has 1 unspecified atom stereocenters. The largest absolute Gasteiger partial charge is 0.457 e. The van der Waals surface area contributed by atoms with Gasteiger partial charge in [-0.2, -0.15) is 5.10 Å². The molecular weight excluding hydrogens is 448 g/mol. The van der Waals surface area contributed by atoms with E-state index in [9.17, 15) is 32.5 Å². The van der Waals surface area contributed by atoms with E-state index in [4.69, 9.17) is 4.74 Å². The lowest BCUT2D eigenvalue weighted by molar-refractivity contribution is -0.384. The fraction of sp³-hybridized carbons (Fsp3) is 0.238. The highest BCUT2D eigenvalue weighted by atomic mass is 19.3. The van der Waals surface area contributed by atoms with Crippen molar-refractivity contribution < 1.29 is 32.0 Å². The Kier molecular flexibility index (Phi) is 6.95. The van der Waals surface area contributed by atoms with E-state index >= 15 is 0 Å². The van der Waals surface area contributed by atoms with Gasteiger partial charge in [-0.15, -0.1) is 0 Å². The summed E-state index contributed by atoms with van der Waals surface area (Å²) in [6.45, 7) is 3.01. The maximum absolute atomic E-state index is 13.3. The van der Waals surface area contributed by atoms with Crippen LogP contribution in [0.3, 0.4) is 0 Å². The first-order chi connectivity index (χ1) is 15.5. The number of nitrogens with zero attached hydrogens (tertiary/aromatic N) is 3. The van der Waals surface area contributed by atoms with Gasteiger partial charge in [0.2, 0.25) is 5.91 Å². The molecule has 0 aliphatic carbocycles. The number of carbonyl (C=O) groups excluding carboxylic acids is 1. The highest BCUT2D eigenvalue weighted by Gasteiger charge is 2.27. The van der Waals surface area contributed by atoms with Crippen LogP contribution in [0.15, 0.2) is 48.5 Å². The Labute approximate surface area is 184 Å². The molecular formula is C21H18F4N4O4. The molecule has 1 aromatic heterocycles. The summed E-state index contributed by atoms with van der Waals surface area (Å²) in [5.41, 5.74) is -1.30. The fourth-order valence-electron chi connectivity index (χ4n) is 3.00. The number of aryl methyl sites for hydroxylation is 1. The SMILES string of the molecule is Cc1cccc(Oc2cc(NC(=O)C(C)n3nc(C(F)F)cc3C(F)F)cc([N+](=O)[O-])c2)c1. The smallest absolute Gasteiger partial charge is 0.282 e. The molecule has 174 valence electrons. The van der Waals surface area contributed by atoms with Gasteiger partial charge in [-0.25, -0.2) is 17.6 Å². The molecule has 0 aliphatic rings. The average Bonchev–Trinajstić information content (AvgIpc) is 3.19. The number of aromatic nitrogens is 2. The van der Waals surface area contributed by atoms with Crippen molar-refractivity contribution in [3.05, 3.63) is 75.6 Å². The van der Waals surface area contributed by atoms with Crippen molar-refractivity contribution in [3.63, 3.8) is 0 Å². The molecule has 1 N–H and O–H groups in total. The first-order valence-electron chi connectivity index (χ1n) is 9.55. The van der Waals surface area contributed by atoms with Gasteiger partial charge in [0.15, 0.2) is 0 Å². The van der Waals surface area contributed by atoms with Crippen LogP contribution in [-0.2, 0) is 4.79 Å². The number of halogens is 4. The summed E-state index contributed by atoms with van der Waals surface area (Å²) in [6.07, 6.45) is -6.25. The van der Waals surface area contributed by atoms with Gasteiger partial charge in [-0.05, 0) is 37.6 Å². The number of anilines is 1. The normalized spacial score (nSPS) is 12.1. The predicted molar refractivity (Wildman–Crippen MR) is 110 cm³/mol. The molecule has 0 bridgehead atoms. The van der Waals surface area contributed by atoms with Crippen molar-refractivity contribution in [2.24, 2.45) is 0 Å². The van der Waals surface area contributed by atoms with Crippen LogP contribution >= 0.6 is 0 Å². The van der Waals surface area contributed by atoms with E-state index in [1.165, 1.54) is 13.0 Å². The number of non-ortho nitro benzene ring substituents is 1. The first-order valence-corrected chi connectivity index (χ1v) is 9.55. The molecule has 0 fully saturated rings. The zero-order valence-electron chi connectivity index (χ0n) is 17.3. The number of benzene rings is 2. The Hall–Kier alpha value is -3.96. The lowest BCUT2D eigenvalue weighted by Gasteiger charge is -2.16. The number of nitrogens with one attached hydrogen (secondary N) is 1. The van der Waals surface area contributed by atoms with Gasteiger partial charge in [0.25, 0.3) is 18.5 Å². The van der Waals surface area contributed by atoms with Crippen molar-refractivity contribution in [1.29, 1.82) is 0 Å². The molecule has 0 aliphatic heterocycles. The van der Waals surface area contributed by atoms with Gasteiger partial charge in [0.1, 0.15) is 28.9 Å². The van der Waals surface area contributed by atoms with Gasteiger partial charge in [-0.1, -0.05) is 12.1 Å². The first kappa shape index (κ1) is 23.7. The Bertz CT molecular complexity index is 1180. The van der Waals surface area contributed by atoms with Gasteiger partial charge in [0, 0.05) is 12.1 Å². The van der Waals surface area contributed by atoms with Crippen LogP contribution in [0, 0.1) is 17.0 Å². The third kappa shape index (κ3) is 5.64. The Balaban J connectivity index is 1.88. The third-order valence-electron chi connectivity index (χ3n) is 4.57. The number of nitro benzene ring substituents is 1.